The van der Waals surface area contributed by atoms with E-state index in [1.807, 2.05) is 0 Å². The van der Waals surface area contributed by atoms with Gasteiger partial charge in [0, 0.05) is 9.95 Å². The molecular weight excluding hydrogens is 236 g/mol. The lowest BCUT2D eigenvalue weighted by atomic mass is 10.2. The minimum absolute atomic E-state index is 0.0907. The van der Waals surface area contributed by atoms with E-state index in [0.717, 1.165) is 6.21 Å². The molecule has 0 saturated carbocycles. The predicted octanol–water partition coefficient (Wildman–Crippen LogP) is 2.02. The van der Waals surface area contributed by atoms with Crippen LogP contribution in [-0.2, 0) is 0 Å². The number of carboxylic acid groups (broad SMARTS) is 1. The Morgan fingerprint density at radius 1 is 1.62 bits per heavy atom. The first-order valence-corrected chi connectivity index (χ1v) is 4.55. The molecule has 0 atom stereocenters. The average molecular weight is 243 g/mol. The molecule has 1 rings (SSSR count). The van der Waals surface area contributed by atoms with Crippen molar-refractivity contribution in [3.05, 3.63) is 38.9 Å². The van der Waals surface area contributed by atoms with Crippen LogP contribution >= 0.6 is 11.6 Å². The molecule has 0 saturated heterocycles. The van der Waals surface area contributed by atoms with Gasteiger partial charge in [0.1, 0.15) is 0 Å². The minimum Gasteiger partial charge on any atom is -0.478 e. The second-order valence-corrected chi connectivity index (χ2v) is 3.23. The smallest absolute Gasteiger partial charge is 0.337 e. The topological polar surface area (TPSA) is 92.8 Å². The number of carboxylic acids is 1. The molecular formula is C9H7ClN2O4. The van der Waals surface area contributed by atoms with Crippen LogP contribution in [0.3, 0.4) is 0 Å². The van der Waals surface area contributed by atoms with Crippen LogP contribution in [0.5, 0.6) is 0 Å². The second-order valence-electron chi connectivity index (χ2n) is 2.79. The van der Waals surface area contributed by atoms with Gasteiger partial charge in [0.2, 0.25) is 6.54 Å². The molecule has 6 nitrogen and oxygen atoms in total. The number of benzene rings is 1. The molecule has 0 unspecified atom stereocenters. The molecule has 1 aromatic carbocycles. The van der Waals surface area contributed by atoms with Crippen LogP contribution in [0.1, 0.15) is 10.4 Å². The summed E-state index contributed by atoms with van der Waals surface area (Å²) in [5, 5.41) is 19.1. The highest BCUT2D eigenvalue weighted by molar-refractivity contribution is 6.31. The molecule has 0 heterocycles. The zero-order valence-electron chi connectivity index (χ0n) is 7.96. The van der Waals surface area contributed by atoms with E-state index < -0.39 is 17.4 Å². The lowest BCUT2D eigenvalue weighted by molar-refractivity contribution is -0.462. The van der Waals surface area contributed by atoms with Crippen LogP contribution < -0.4 is 0 Å². The van der Waals surface area contributed by atoms with E-state index in [-0.39, 0.29) is 16.3 Å². The third-order valence-electron chi connectivity index (χ3n) is 1.65. The normalized spacial score (nSPS) is 10.6. The fourth-order valence-corrected chi connectivity index (χ4v) is 1.17. The Labute approximate surface area is 95.3 Å². The van der Waals surface area contributed by atoms with Crippen molar-refractivity contribution in [1.82, 2.24) is 0 Å². The van der Waals surface area contributed by atoms with Crippen LogP contribution in [0.15, 0.2) is 23.2 Å². The fourth-order valence-electron chi connectivity index (χ4n) is 0.998. The number of aromatic carboxylic acids is 1. The molecule has 7 heteroatoms. The molecule has 0 bridgehead atoms. The summed E-state index contributed by atoms with van der Waals surface area (Å²) in [5.74, 6) is -1.18. The van der Waals surface area contributed by atoms with Crippen LogP contribution in [0.2, 0.25) is 5.02 Å². The average Bonchev–Trinajstić information content (AvgIpc) is 2.19. The van der Waals surface area contributed by atoms with Gasteiger partial charge in [-0.2, -0.15) is 0 Å². The summed E-state index contributed by atoms with van der Waals surface area (Å²) in [6.07, 6.45) is 1.04. The minimum atomic E-state index is -1.18. The number of rotatable bonds is 4. The number of nitro groups is 1. The lowest BCUT2D eigenvalue weighted by Gasteiger charge is -2.00. The van der Waals surface area contributed by atoms with Crippen molar-refractivity contribution in [2.24, 2.45) is 4.99 Å². The highest BCUT2D eigenvalue weighted by Crippen LogP contribution is 2.22. The van der Waals surface area contributed by atoms with Gasteiger partial charge in [-0.25, -0.2) is 4.79 Å². The van der Waals surface area contributed by atoms with Crippen molar-refractivity contribution in [3.63, 3.8) is 0 Å². The summed E-state index contributed by atoms with van der Waals surface area (Å²) >= 11 is 5.62. The monoisotopic (exact) mass is 242 g/mol. The largest absolute Gasteiger partial charge is 0.478 e. The van der Waals surface area contributed by atoms with Gasteiger partial charge in [-0.05, 0) is 18.2 Å². The van der Waals surface area contributed by atoms with Crippen LogP contribution in [0.4, 0.5) is 5.69 Å². The van der Waals surface area contributed by atoms with Gasteiger partial charge in [0.25, 0.3) is 0 Å². The van der Waals surface area contributed by atoms with E-state index in [2.05, 4.69) is 4.99 Å². The van der Waals surface area contributed by atoms with Crippen LogP contribution in [0.25, 0.3) is 0 Å². The number of hydrogen-bond acceptors (Lipinski definition) is 4. The Morgan fingerprint density at radius 3 is 2.88 bits per heavy atom. The molecule has 16 heavy (non-hydrogen) atoms. The Balaban J connectivity index is 2.99. The summed E-state index contributed by atoms with van der Waals surface area (Å²) in [4.78, 5) is 24.0. The molecule has 0 fully saturated rings. The van der Waals surface area contributed by atoms with Crippen LogP contribution in [0, 0.1) is 10.1 Å². The molecule has 84 valence electrons. The summed E-state index contributed by atoms with van der Waals surface area (Å²) < 4.78 is 0. The van der Waals surface area contributed by atoms with Gasteiger partial charge in [-0.1, -0.05) is 11.6 Å². The SMILES string of the molecule is O=C(O)c1cc(Cl)ccc1/N=C/C[N+](=O)[O-]. The zero-order valence-corrected chi connectivity index (χ0v) is 8.72. The van der Waals surface area contributed by atoms with Gasteiger partial charge in [-0.15, -0.1) is 0 Å². The Bertz CT molecular complexity index is 459. The third-order valence-corrected chi connectivity index (χ3v) is 1.89. The Kier molecular flexibility index (Phi) is 3.96. The van der Waals surface area contributed by atoms with Crippen molar-refractivity contribution in [2.75, 3.05) is 6.54 Å². The molecule has 0 radical (unpaired) electrons. The van der Waals surface area contributed by atoms with Crippen LogP contribution in [-0.4, -0.2) is 28.8 Å². The number of carbonyl (C=O) groups is 1. The van der Waals surface area contributed by atoms with Crippen molar-refractivity contribution in [1.29, 1.82) is 0 Å². The Hall–Kier alpha value is -1.95. The molecule has 0 aliphatic carbocycles. The van der Waals surface area contributed by atoms with E-state index >= 15 is 0 Å². The van der Waals surface area contributed by atoms with Crippen molar-refractivity contribution >= 4 is 29.5 Å². The molecule has 0 aliphatic rings. The Morgan fingerprint density at radius 2 is 2.31 bits per heavy atom. The number of nitrogens with zero attached hydrogens (tertiary/aromatic N) is 2. The summed E-state index contributed by atoms with van der Waals surface area (Å²) in [7, 11) is 0. The maximum absolute atomic E-state index is 10.8. The van der Waals surface area contributed by atoms with E-state index in [1.165, 1.54) is 18.2 Å². The van der Waals surface area contributed by atoms with Crippen molar-refractivity contribution < 1.29 is 14.8 Å². The molecule has 1 aromatic rings. The standard InChI is InChI=1S/C9H7ClN2O4/c10-6-1-2-8(7(5-6)9(13)14)11-3-4-12(15)16/h1-3,5H,4H2,(H,13,14)/b11-3+. The summed E-state index contributed by atoms with van der Waals surface area (Å²) in [6.45, 7) is -0.457. The first-order chi connectivity index (χ1) is 7.50. The molecule has 0 aliphatic heterocycles. The third kappa shape index (κ3) is 3.32. The van der Waals surface area contributed by atoms with Gasteiger partial charge in [-0.3, -0.25) is 15.1 Å². The highest BCUT2D eigenvalue weighted by Gasteiger charge is 2.09. The van der Waals surface area contributed by atoms with E-state index in [4.69, 9.17) is 16.7 Å². The summed E-state index contributed by atoms with van der Waals surface area (Å²) in [5.41, 5.74) is 0.0471. The van der Waals surface area contributed by atoms with E-state index in [0.29, 0.717) is 0 Å². The quantitative estimate of drug-likeness (QED) is 0.497. The van der Waals surface area contributed by atoms with E-state index in [9.17, 15) is 14.9 Å². The van der Waals surface area contributed by atoms with Crippen molar-refractivity contribution in [2.45, 2.75) is 0 Å². The molecule has 0 aromatic heterocycles. The number of aliphatic imine (C=N–C) groups is 1. The van der Waals surface area contributed by atoms with Gasteiger partial charge >= 0.3 is 5.97 Å². The second kappa shape index (κ2) is 5.22. The van der Waals surface area contributed by atoms with Gasteiger partial charge < -0.3 is 5.11 Å². The first kappa shape index (κ1) is 12.1. The zero-order chi connectivity index (χ0) is 12.1. The fraction of sp³-hybridized carbons (Fsp3) is 0.111. The van der Waals surface area contributed by atoms with E-state index in [1.54, 1.807) is 0 Å². The molecule has 0 spiro atoms. The van der Waals surface area contributed by atoms with Gasteiger partial charge in [0.15, 0.2) is 0 Å². The number of halogens is 1. The maximum Gasteiger partial charge on any atom is 0.337 e. The summed E-state index contributed by atoms with van der Waals surface area (Å²) in [6, 6.07) is 4.10. The molecule has 1 N–H and O–H groups in total. The van der Waals surface area contributed by atoms with Crippen molar-refractivity contribution in [3.8, 4) is 0 Å². The lowest BCUT2D eigenvalue weighted by Crippen LogP contribution is -2.01. The highest BCUT2D eigenvalue weighted by atomic mass is 35.5. The maximum atomic E-state index is 10.8. The van der Waals surface area contributed by atoms with Gasteiger partial charge in [0.05, 0.1) is 17.5 Å². The molecule has 0 amide bonds. The number of hydrogen-bond donors (Lipinski definition) is 1. The predicted molar refractivity (Wildman–Crippen MR) is 58.4 cm³/mol. The first-order valence-electron chi connectivity index (χ1n) is 4.18.